The average Bonchev–Trinajstić information content (AvgIpc) is 2.46. The minimum absolute atomic E-state index is 0.143. The largest absolute Gasteiger partial charge is 0.444 e. The predicted octanol–water partition coefficient (Wildman–Crippen LogP) is 4.67. The van der Waals surface area contributed by atoms with Crippen LogP contribution in [0.5, 0.6) is 0 Å². The highest BCUT2D eigenvalue weighted by atomic mass is 79.9. The Hall–Kier alpha value is -1.43. The van der Waals surface area contributed by atoms with E-state index in [9.17, 15) is 14.0 Å². The number of ketones is 1. The second kappa shape index (κ2) is 10.4. The van der Waals surface area contributed by atoms with Crippen molar-refractivity contribution in [2.75, 3.05) is 18.9 Å². The molecule has 0 aliphatic rings. The summed E-state index contributed by atoms with van der Waals surface area (Å²) in [7, 11) is 1.75. The summed E-state index contributed by atoms with van der Waals surface area (Å²) in [5, 5.41) is 0.161. The van der Waals surface area contributed by atoms with E-state index in [4.69, 9.17) is 4.74 Å². The minimum Gasteiger partial charge on any atom is -0.444 e. The maximum atomic E-state index is 12.8. The number of benzene rings is 1. The van der Waals surface area contributed by atoms with Crippen molar-refractivity contribution in [1.29, 1.82) is 0 Å². The molecule has 0 heterocycles. The highest BCUT2D eigenvalue weighted by Gasteiger charge is 2.18. The molecular weight excluding hydrogens is 365 g/mol. The second-order valence-electron chi connectivity index (χ2n) is 5.94. The van der Waals surface area contributed by atoms with Crippen LogP contribution in [0.4, 0.5) is 9.18 Å². The predicted molar refractivity (Wildman–Crippen MR) is 93.7 cm³/mol. The second-order valence-corrected chi connectivity index (χ2v) is 6.50. The van der Waals surface area contributed by atoms with Gasteiger partial charge < -0.3 is 9.64 Å². The lowest BCUT2D eigenvalue weighted by atomic mass is 10.1. The van der Waals surface area contributed by atoms with Crippen molar-refractivity contribution in [2.24, 2.45) is 0 Å². The molecule has 0 fully saturated rings. The number of amides is 1. The van der Waals surface area contributed by atoms with Crippen LogP contribution in [0.2, 0.25) is 0 Å². The first-order valence-corrected chi connectivity index (χ1v) is 8.52. The molecule has 0 atom stereocenters. The molecule has 0 saturated carbocycles. The average molecular weight is 390 g/mol. The Kier molecular flexibility index (Phi) is 9.72. The van der Waals surface area contributed by atoms with Crippen molar-refractivity contribution in [3.05, 3.63) is 35.6 Å². The van der Waals surface area contributed by atoms with Crippen molar-refractivity contribution < 1.29 is 18.7 Å². The molecule has 0 radical (unpaired) electrons. The molecule has 1 rings (SSSR count). The summed E-state index contributed by atoms with van der Waals surface area (Å²) < 4.78 is 17.9. The molecule has 0 saturated heterocycles. The number of nitrogens with zero attached hydrogens (tertiary/aromatic N) is 1. The Morgan fingerprint density at radius 2 is 1.83 bits per heavy atom. The molecule has 1 aromatic carbocycles. The molecule has 0 aliphatic heterocycles. The summed E-state index contributed by atoms with van der Waals surface area (Å²) in [5.41, 5.74) is -0.247. The van der Waals surface area contributed by atoms with Gasteiger partial charge in [0.15, 0.2) is 5.78 Å². The molecule has 0 bridgehead atoms. The molecule has 0 spiro atoms. The lowest BCUT2D eigenvalue weighted by Gasteiger charge is -2.24. The van der Waals surface area contributed by atoms with E-state index in [-0.39, 0.29) is 28.4 Å². The van der Waals surface area contributed by atoms with Gasteiger partial charge in [-0.3, -0.25) is 4.79 Å². The Bertz CT molecular complexity index is 515. The number of rotatable bonds is 4. The number of Topliss-reactive ketones (excluding diaryl/α,β-unsaturated/α-hetero) is 1. The molecule has 6 heteroatoms. The number of carbonyl (C=O) groups is 2. The number of hydrogen-bond acceptors (Lipinski definition) is 3. The van der Waals surface area contributed by atoms with Crippen LogP contribution in [-0.2, 0) is 4.74 Å². The van der Waals surface area contributed by atoms with Gasteiger partial charge in [0.05, 0.1) is 10.9 Å². The van der Waals surface area contributed by atoms with E-state index < -0.39 is 5.82 Å². The number of alkyl halides is 1. The van der Waals surface area contributed by atoms with E-state index >= 15 is 0 Å². The number of hydrogen-bond donors (Lipinski definition) is 0. The van der Waals surface area contributed by atoms with Crippen molar-refractivity contribution in [2.45, 2.75) is 39.7 Å². The summed E-state index contributed by atoms with van der Waals surface area (Å²) in [6, 6.07) is 5.94. The molecule has 0 unspecified atom stereocenters. The van der Waals surface area contributed by atoms with Crippen LogP contribution in [-0.4, -0.2) is 41.3 Å². The fourth-order valence-electron chi connectivity index (χ4n) is 1.53. The fourth-order valence-corrected chi connectivity index (χ4v) is 1.83. The summed E-state index contributed by atoms with van der Waals surface area (Å²) in [6.07, 6.45) is 0.708. The molecule has 0 aliphatic carbocycles. The summed E-state index contributed by atoms with van der Waals surface area (Å²) >= 11 is 2.97. The Balaban J connectivity index is 0.000000422. The maximum Gasteiger partial charge on any atom is 0.410 e. The van der Waals surface area contributed by atoms with Crippen LogP contribution in [0.15, 0.2) is 24.3 Å². The van der Waals surface area contributed by atoms with Gasteiger partial charge in [-0.15, -0.1) is 0 Å². The van der Waals surface area contributed by atoms with Crippen LogP contribution in [0.3, 0.4) is 0 Å². The van der Waals surface area contributed by atoms with E-state index in [1.807, 2.05) is 27.7 Å². The summed E-state index contributed by atoms with van der Waals surface area (Å²) in [5.74, 6) is -0.694. The lowest BCUT2D eigenvalue weighted by Crippen LogP contribution is -2.34. The molecule has 4 nitrogen and oxygen atoms in total. The highest BCUT2D eigenvalue weighted by Crippen LogP contribution is 2.09. The third-order valence-electron chi connectivity index (χ3n) is 2.56. The van der Waals surface area contributed by atoms with E-state index in [0.29, 0.717) is 0 Å². The van der Waals surface area contributed by atoms with Gasteiger partial charge in [-0.2, -0.15) is 0 Å². The van der Waals surface area contributed by atoms with E-state index in [1.54, 1.807) is 24.1 Å². The van der Waals surface area contributed by atoms with Crippen molar-refractivity contribution >= 4 is 27.8 Å². The first kappa shape index (κ1) is 21.6. The van der Waals surface area contributed by atoms with Crippen molar-refractivity contribution in [3.8, 4) is 0 Å². The lowest BCUT2D eigenvalue weighted by molar-refractivity contribution is 0.0299. The minimum atomic E-state index is -0.461. The van der Waals surface area contributed by atoms with Crippen LogP contribution in [0.25, 0.3) is 0 Å². The van der Waals surface area contributed by atoms with Gasteiger partial charge in [0.2, 0.25) is 0 Å². The third-order valence-corrected chi connectivity index (χ3v) is 3.07. The van der Waals surface area contributed by atoms with Gasteiger partial charge in [0.1, 0.15) is 11.4 Å². The summed E-state index contributed by atoms with van der Waals surface area (Å²) in [4.78, 5) is 23.8. The zero-order chi connectivity index (χ0) is 18.0. The van der Waals surface area contributed by atoms with Gasteiger partial charge in [0, 0.05) is 13.6 Å². The molecule has 0 N–H and O–H groups in total. The fraction of sp³-hybridized carbons (Fsp3) is 0.529. The zero-order valence-electron chi connectivity index (χ0n) is 14.4. The summed E-state index contributed by atoms with van der Waals surface area (Å²) in [6.45, 7) is 8.37. The van der Waals surface area contributed by atoms with Gasteiger partial charge in [-0.1, -0.05) is 35.0 Å². The number of halogens is 2. The molecule has 130 valence electrons. The van der Waals surface area contributed by atoms with Gasteiger partial charge in [-0.05, 0) is 39.3 Å². The molecule has 0 aromatic heterocycles. The monoisotopic (exact) mass is 389 g/mol. The topological polar surface area (TPSA) is 46.6 Å². The quantitative estimate of drug-likeness (QED) is 0.555. The van der Waals surface area contributed by atoms with Crippen molar-refractivity contribution in [1.82, 2.24) is 4.90 Å². The normalized spacial score (nSPS) is 10.4. The van der Waals surface area contributed by atoms with Crippen LogP contribution >= 0.6 is 15.9 Å². The van der Waals surface area contributed by atoms with Gasteiger partial charge in [-0.25, -0.2) is 9.18 Å². The highest BCUT2D eigenvalue weighted by molar-refractivity contribution is 9.09. The van der Waals surface area contributed by atoms with E-state index in [1.165, 1.54) is 12.1 Å². The maximum absolute atomic E-state index is 12.8. The Labute approximate surface area is 146 Å². The van der Waals surface area contributed by atoms with Gasteiger partial charge >= 0.3 is 6.09 Å². The first-order valence-electron chi connectivity index (χ1n) is 7.40. The first-order chi connectivity index (χ1) is 10.6. The molecule has 23 heavy (non-hydrogen) atoms. The van der Waals surface area contributed by atoms with E-state index in [2.05, 4.69) is 15.9 Å². The van der Waals surface area contributed by atoms with Crippen molar-refractivity contribution in [3.63, 3.8) is 0 Å². The van der Waals surface area contributed by atoms with Gasteiger partial charge in [0.25, 0.3) is 0 Å². The Morgan fingerprint density at radius 3 is 2.26 bits per heavy atom. The zero-order valence-corrected chi connectivity index (χ0v) is 15.9. The molecule has 1 aromatic rings. The Morgan fingerprint density at radius 1 is 1.26 bits per heavy atom. The number of carbonyl (C=O) groups excluding carboxylic acids is 2. The standard InChI is InChI=1S/C9H19NO2.C8H6BrFO/c1-6-7-10(5)8(11)12-9(2,3)4;9-5-8(11)6-3-1-2-4-7(6)10/h6-7H2,1-5H3;1-4H,5H2. The third kappa shape index (κ3) is 9.33. The van der Waals surface area contributed by atoms with Crippen LogP contribution in [0.1, 0.15) is 44.5 Å². The van der Waals surface area contributed by atoms with Crippen LogP contribution < -0.4 is 0 Å². The van der Waals surface area contributed by atoms with Crippen LogP contribution in [0, 0.1) is 5.82 Å². The smallest absolute Gasteiger partial charge is 0.410 e. The molecule has 1 amide bonds. The SMILES string of the molecule is CCCN(C)C(=O)OC(C)(C)C.O=C(CBr)c1ccccc1F. The van der Waals surface area contributed by atoms with E-state index in [0.717, 1.165) is 13.0 Å². The number of ether oxygens (including phenoxy) is 1. The molecular formula is C17H25BrFNO3.